The number of likely N-dealkylation sites (N-methyl/N-ethyl adjacent to an activating group) is 1. The number of carbonyl (C=O) groups excluding carboxylic acids is 1. The average Bonchev–Trinajstić information content (AvgIpc) is 3.09. The third-order valence-electron chi connectivity index (χ3n) is 5.51. The number of rotatable bonds is 4. The SMILES string of the molecule is CC(C)N(C)CC1CCC2(COCCN(C(=O)c3cccn3C)C2)O1. The molecule has 3 rings (SSSR count). The maximum Gasteiger partial charge on any atom is 0.270 e. The van der Waals surface area contributed by atoms with Crippen molar-refractivity contribution in [3.05, 3.63) is 24.0 Å². The third-order valence-corrected chi connectivity index (χ3v) is 5.51. The zero-order valence-electron chi connectivity index (χ0n) is 15.9. The topological polar surface area (TPSA) is 46.9 Å². The average molecular weight is 349 g/mol. The van der Waals surface area contributed by atoms with E-state index >= 15 is 0 Å². The molecule has 1 spiro atoms. The molecule has 3 heterocycles. The van der Waals surface area contributed by atoms with E-state index in [1.807, 2.05) is 34.8 Å². The summed E-state index contributed by atoms with van der Waals surface area (Å²) < 4.78 is 14.1. The number of hydrogen-bond donors (Lipinski definition) is 0. The Morgan fingerprint density at radius 1 is 1.48 bits per heavy atom. The Bertz CT molecular complexity index is 600. The van der Waals surface area contributed by atoms with Gasteiger partial charge in [-0.25, -0.2) is 0 Å². The van der Waals surface area contributed by atoms with Gasteiger partial charge in [0, 0.05) is 32.4 Å². The van der Waals surface area contributed by atoms with Gasteiger partial charge < -0.3 is 23.8 Å². The zero-order chi connectivity index (χ0) is 18.0. The van der Waals surface area contributed by atoms with Crippen LogP contribution in [0, 0.1) is 0 Å². The fourth-order valence-corrected chi connectivity index (χ4v) is 3.70. The molecule has 6 heteroatoms. The number of nitrogens with zero attached hydrogens (tertiary/aromatic N) is 3. The molecule has 2 unspecified atom stereocenters. The molecule has 0 bridgehead atoms. The van der Waals surface area contributed by atoms with E-state index in [-0.39, 0.29) is 17.6 Å². The van der Waals surface area contributed by atoms with Gasteiger partial charge in [-0.05, 0) is 45.9 Å². The van der Waals surface area contributed by atoms with Gasteiger partial charge in [-0.2, -0.15) is 0 Å². The molecule has 0 aromatic carbocycles. The van der Waals surface area contributed by atoms with Crippen LogP contribution in [0.1, 0.15) is 37.2 Å². The van der Waals surface area contributed by atoms with Crippen LogP contribution in [0.5, 0.6) is 0 Å². The third kappa shape index (κ3) is 4.07. The summed E-state index contributed by atoms with van der Waals surface area (Å²) >= 11 is 0. The fraction of sp³-hybridized carbons (Fsp3) is 0.737. The molecule has 25 heavy (non-hydrogen) atoms. The summed E-state index contributed by atoms with van der Waals surface area (Å²) in [6, 6.07) is 4.28. The number of carbonyl (C=O) groups is 1. The van der Waals surface area contributed by atoms with Crippen molar-refractivity contribution in [1.82, 2.24) is 14.4 Å². The number of hydrogen-bond acceptors (Lipinski definition) is 4. The van der Waals surface area contributed by atoms with Crippen molar-refractivity contribution in [2.45, 2.75) is 44.4 Å². The van der Waals surface area contributed by atoms with Crippen LogP contribution < -0.4 is 0 Å². The summed E-state index contributed by atoms with van der Waals surface area (Å²) in [5.41, 5.74) is 0.353. The lowest BCUT2D eigenvalue weighted by atomic mass is 10.00. The first-order chi connectivity index (χ1) is 11.9. The van der Waals surface area contributed by atoms with E-state index in [0.29, 0.717) is 38.0 Å². The standard InChI is InChI=1S/C19H31N3O3/c1-15(2)21(4)12-16-7-8-19(25-16)13-22(10-11-24-14-19)18(23)17-6-5-9-20(17)3/h5-6,9,15-16H,7-8,10-14H2,1-4H3. The summed E-state index contributed by atoms with van der Waals surface area (Å²) in [5, 5.41) is 0. The second kappa shape index (κ2) is 7.48. The normalized spacial score (nSPS) is 27.4. The van der Waals surface area contributed by atoms with Crippen LogP contribution >= 0.6 is 0 Å². The van der Waals surface area contributed by atoms with E-state index in [1.54, 1.807) is 0 Å². The second-order valence-electron chi connectivity index (χ2n) is 7.78. The Morgan fingerprint density at radius 3 is 2.96 bits per heavy atom. The highest BCUT2D eigenvalue weighted by atomic mass is 16.6. The summed E-state index contributed by atoms with van der Waals surface area (Å²) in [6.07, 6.45) is 4.08. The molecule has 1 aromatic rings. The molecule has 6 nitrogen and oxygen atoms in total. The maximum absolute atomic E-state index is 12.9. The van der Waals surface area contributed by atoms with Crippen molar-refractivity contribution in [2.75, 3.05) is 39.9 Å². The lowest BCUT2D eigenvalue weighted by Crippen LogP contribution is -2.47. The van der Waals surface area contributed by atoms with Crippen LogP contribution in [0.2, 0.25) is 0 Å². The molecule has 0 N–H and O–H groups in total. The van der Waals surface area contributed by atoms with Crippen molar-refractivity contribution in [3.63, 3.8) is 0 Å². The Kier molecular flexibility index (Phi) is 5.51. The first-order valence-corrected chi connectivity index (χ1v) is 9.27. The Labute approximate surface area is 150 Å². The van der Waals surface area contributed by atoms with Crippen molar-refractivity contribution < 1.29 is 14.3 Å². The summed E-state index contributed by atoms with van der Waals surface area (Å²) in [6.45, 7) is 7.68. The first-order valence-electron chi connectivity index (χ1n) is 9.27. The molecule has 2 atom stereocenters. The highest BCUT2D eigenvalue weighted by Gasteiger charge is 2.44. The van der Waals surface area contributed by atoms with Gasteiger partial charge in [0.15, 0.2) is 0 Å². The fourth-order valence-electron chi connectivity index (χ4n) is 3.70. The van der Waals surface area contributed by atoms with Crippen LogP contribution in [-0.2, 0) is 16.5 Å². The highest BCUT2D eigenvalue weighted by Crippen LogP contribution is 2.33. The van der Waals surface area contributed by atoms with Gasteiger partial charge in [0.2, 0.25) is 0 Å². The van der Waals surface area contributed by atoms with Gasteiger partial charge in [0.25, 0.3) is 5.91 Å². The van der Waals surface area contributed by atoms with Crippen molar-refractivity contribution >= 4 is 5.91 Å². The minimum Gasteiger partial charge on any atom is -0.377 e. The van der Waals surface area contributed by atoms with E-state index in [2.05, 4.69) is 25.8 Å². The lowest BCUT2D eigenvalue weighted by Gasteiger charge is -2.33. The largest absolute Gasteiger partial charge is 0.377 e. The van der Waals surface area contributed by atoms with Gasteiger partial charge in [-0.15, -0.1) is 0 Å². The van der Waals surface area contributed by atoms with Gasteiger partial charge in [-0.3, -0.25) is 4.79 Å². The van der Waals surface area contributed by atoms with Crippen molar-refractivity contribution in [2.24, 2.45) is 7.05 Å². The van der Waals surface area contributed by atoms with Crippen LogP contribution in [0.3, 0.4) is 0 Å². The van der Waals surface area contributed by atoms with Gasteiger partial charge in [0.05, 0.1) is 25.9 Å². The van der Waals surface area contributed by atoms with Gasteiger partial charge in [-0.1, -0.05) is 0 Å². The maximum atomic E-state index is 12.9. The molecular weight excluding hydrogens is 318 g/mol. The zero-order valence-corrected chi connectivity index (χ0v) is 15.9. The molecule has 2 saturated heterocycles. The molecule has 1 aromatic heterocycles. The minimum atomic E-state index is -0.361. The van der Waals surface area contributed by atoms with E-state index in [4.69, 9.17) is 9.47 Å². The van der Waals surface area contributed by atoms with Crippen molar-refractivity contribution in [3.8, 4) is 0 Å². The Morgan fingerprint density at radius 2 is 2.28 bits per heavy atom. The number of aryl methyl sites for hydroxylation is 1. The van der Waals surface area contributed by atoms with Gasteiger partial charge in [0.1, 0.15) is 11.3 Å². The molecule has 0 radical (unpaired) electrons. The van der Waals surface area contributed by atoms with Gasteiger partial charge >= 0.3 is 0 Å². The summed E-state index contributed by atoms with van der Waals surface area (Å²) in [7, 11) is 4.04. The Balaban J connectivity index is 1.68. The minimum absolute atomic E-state index is 0.0590. The van der Waals surface area contributed by atoms with E-state index in [9.17, 15) is 4.79 Å². The van der Waals surface area contributed by atoms with Crippen LogP contribution in [0.25, 0.3) is 0 Å². The molecular formula is C19H31N3O3. The van der Waals surface area contributed by atoms with E-state index in [1.165, 1.54) is 0 Å². The predicted molar refractivity (Wildman–Crippen MR) is 96.7 cm³/mol. The smallest absolute Gasteiger partial charge is 0.270 e. The number of ether oxygens (including phenoxy) is 2. The van der Waals surface area contributed by atoms with Crippen LogP contribution in [0.15, 0.2) is 18.3 Å². The van der Waals surface area contributed by atoms with Crippen LogP contribution in [0.4, 0.5) is 0 Å². The number of aromatic nitrogens is 1. The predicted octanol–water partition coefficient (Wildman–Crippen LogP) is 1.76. The first kappa shape index (κ1) is 18.4. The van der Waals surface area contributed by atoms with Crippen LogP contribution in [-0.4, -0.2) is 77.9 Å². The van der Waals surface area contributed by atoms with E-state index < -0.39 is 0 Å². The molecule has 2 aliphatic rings. The molecule has 140 valence electrons. The highest BCUT2D eigenvalue weighted by molar-refractivity contribution is 5.92. The second-order valence-corrected chi connectivity index (χ2v) is 7.78. The lowest BCUT2D eigenvalue weighted by molar-refractivity contribution is -0.0901. The molecule has 2 fully saturated rings. The monoisotopic (exact) mass is 349 g/mol. The summed E-state index contributed by atoms with van der Waals surface area (Å²) in [5.74, 6) is 0.0590. The molecule has 2 aliphatic heterocycles. The van der Waals surface area contributed by atoms with E-state index in [0.717, 1.165) is 19.4 Å². The Hall–Kier alpha value is -1.37. The summed E-state index contributed by atoms with van der Waals surface area (Å²) in [4.78, 5) is 17.1. The van der Waals surface area contributed by atoms with Crippen molar-refractivity contribution in [1.29, 1.82) is 0 Å². The molecule has 0 aliphatic carbocycles. The molecule has 0 saturated carbocycles. The quantitative estimate of drug-likeness (QED) is 0.831. The number of amides is 1. The molecule has 1 amide bonds.